The molecule has 0 saturated heterocycles. The molecule has 0 aliphatic heterocycles. The van der Waals surface area contributed by atoms with Crippen molar-refractivity contribution in [2.45, 2.75) is 52.6 Å². The van der Waals surface area contributed by atoms with E-state index in [9.17, 15) is 5.11 Å². The Bertz CT molecular complexity index is 313. The third kappa shape index (κ3) is 3.01. The predicted octanol–water partition coefficient (Wildman–Crippen LogP) is 3.94. The standard InChI is InChI=1S/C16H26O/c1-11(2)4-8-15-12(3)5-6-13-10-14(17)7-9-16(13)15/h5-6,10-12,14-17H,4,7-9H2,1-3H3. The molecule has 17 heavy (non-hydrogen) atoms. The summed E-state index contributed by atoms with van der Waals surface area (Å²) in [6.07, 6.45) is 11.3. The maximum atomic E-state index is 9.71. The van der Waals surface area contributed by atoms with Crippen molar-refractivity contribution in [1.82, 2.24) is 0 Å². The molecule has 4 atom stereocenters. The lowest BCUT2D eigenvalue weighted by atomic mass is 9.67. The van der Waals surface area contributed by atoms with Crippen molar-refractivity contribution in [3.8, 4) is 0 Å². The number of aliphatic hydroxyl groups is 1. The molecule has 1 N–H and O–H groups in total. The maximum Gasteiger partial charge on any atom is 0.0726 e. The molecule has 0 amide bonds. The van der Waals surface area contributed by atoms with Crippen LogP contribution in [0, 0.1) is 23.7 Å². The molecule has 0 spiro atoms. The van der Waals surface area contributed by atoms with Crippen LogP contribution >= 0.6 is 0 Å². The van der Waals surface area contributed by atoms with Crippen LogP contribution in [-0.4, -0.2) is 11.2 Å². The van der Waals surface area contributed by atoms with Crippen molar-refractivity contribution in [3.05, 3.63) is 23.8 Å². The molecule has 2 rings (SSSR count). The largest absolute Gasteiger partial charge is 0.389 e. The molecule has 1 heteroatoms. The Hall–Kier alpha value is -0.560. The Kier molecular flexibility index (Phi) is 4.09. The minimum atomic E-state index is -0.204. The second kappa shape index (κ2) is 5.39. The van der Waals surface area contributed by atoms with E-state index >= 15 is 0 Å². The Balaban J connectivity index is 2.10. The van der Waals surface area contributed by atoms with Crippen molar-refractivity contribution in [3.63, 3.8) is 0 Å². The molecule has 2 aliphatic carbocycles. The van der Waals surface area contributed by atoms with Crippen molar-refractivity contribution >= 4 is 0 Å². The van der Waals surface area contributed by atoms with Crippen LogP contribution in [0.15, 0.2) is 23.8 Å². The first-order valence-electron chi connectivity index (χ1n) is 7.16. The molecule has 0 aromatic carbocycles. The van der Waals surface area contributed by atoms with Gasteiger partial charge in [0.15, 0.2) is 0 Å². The zero-order valence-electron chi connectivity index (χ0n) is 11.4. The van der Waals surface area contributed by atoms with E-state index in [4.69, 9.17) is 0 Å². The van der Waals surface area contributed by atoms with Crippen molar-refractivity contribution in [2.75, 3.05) is 0 Å². The van der Waals surface area contributed by atoms with Gasteiger partial charge in [0.2, 0.25) is 0 Å². The van der Waals surface area contributed by atoms with Gasteiger partial charge in [-0.2, -0.15) is 0 Å². The first-order valence-corrected chi connectivity index (χ1v) is 7.16. The van der Waals surface area contributed by atoms with E-state index in [0.717, 1.165) is 18.3 Å². The van der Waals surface area contributed by atoms with Crippen LogP contribution < -0.4 is 0 Å². The summed E-state index contributed by atoms with van der Waals surface area (Å²) in [6, 6.07) is 0. The molecule has 0 bridgehead atoms. The lowest BCUT2D eigenvalue weighted by Gasteiger charge is -2.38. The summed E-state index contributed by atoms with van der Waals surface area (Å²) in [4.78, 5) is 0. The third-order valence-corrected chi connectivity index (χ3v) is 4.45. The molecule has 0 saturated carbocycles. The van der Waals surface area contributed by atoms with Crippen LogP contribution in [-0.2, 0) is 0 Å². The summed E-state index contributed by atoms with van der Waals surface area (Å²) < 4.78 is 0. The van der Waals surface area contributed by atoms with E-state index in [1.165, 1.54) is 24.8 Å². The summed E-state index contributed by atoms with van der Waals surface area (Å²) in [6.45, 7) is 6.97. The summed E-state index contributed by atoms with van der Waals surface area (Å²) >= 11 is 0. The number of fused-ring (bicyclic) bond motifs is 1. The van der Waals surface area contributed by atoms with Gasteiger partial charge in [-0.1, -0.05) is 45.4 Å². The lowest BCUT2D eigenvalue weighted by molar-refractivity contribution is 0.164. The second-order valence-electron chi connectivity index (χ2n) is 6.27. The fourth-order valence-electron chi connectivity index (χ4n) is 3.35. The molecule has 2 aliphatic rings. The third-order valence-electron chi connectivity index (χ3n) is 4.45. The van der Waals surface area contributed by atoms with Gasteiger partial charge >= 0.3 is 0 Å². The van der Waals surface area contributed by atoms with E-state index < -0.39 is 0 Å². The van der Waals surface area contributed by atoms with Crippen LogP contribution in [0.4, 0.5) is 0 Å². The van der Waals surface area contributed by atoms with Crippen LogP contribution in [0.25, 0.3) is 0 Å². The van der Waals surface area contributed by atoms with Gasteiger partial charge in [-0.25, -0.2) is 0 Å². The average Bonchev–Trinajstić information content (AvgIpc) is 2.27. The number of rotatable bonds is 3. The minimum Gasteiger partial charge on any atom is -0.389 e. The Morgan fingerprint density at radius 3 is 2.82 bits per heavy atom. The molecule has 4 unspecified atom stereocenters. The summed E-state index contributed by atoms with van der Waals surface area (Å²) in [5.74, 6) is 3.00. The van der Waals surface area contributed by atoms with E-state index in [1.54, 1.807) is 0 Å². The van der Waals surface area contributed by atoms with Crippen molar-refractivity contribution < 1.29 is 5.11 Å². The highest BCUT2D eigenvalue weighted by Gasteiger charge is 2.33. The summed E-state index contributed by atoms with van der Waals surface area (Å²) in [7, 11) is 0. The Labute approximate surface area is 106 Å². The highest BCUT2D eigenvalue weighted by atomic mass is 16.3. The number of allylic oxidation sites excluding steroid dienone is 3. The fourth-order valence-corrected chi connectivity index (χ4v) is 3.35. The van der Waals surface area contributed by atoms with E-state index in [2.05, 4.69) is 39.0 Å². The van der Waals surface area contributed by atoms with Crippen LogP contribution in [0.1, 0.15) is 46.5 Å². The monoisotopic (exact) mass is 234 g/mol. The number of hydrogen-bond acceptors (Lipinski definition) is 1. The summed E-state index contributed by atoms with van der Waals surface area (Å²) in [5, 5.41) is 9.71. The SMILES string of the molecule is CC(C)CCC1C(C)C=CC2=CC(O)CCC21. The van der Waals surface area contributed by atoms with Gasteiger partial charge in [-0.15, -0.1) is 0 Å². The predicted molar refractivity (Wildman–Crippen MR) is 72.7 cm³/mol. The molecular weight excluding hydrogens is 208 g/mol. The van der Waals surface area contributed by atoms with Gasteiger partial charge in [0.25, 0.3) is 0 Å². The molecule has 1 nitrogen and oxygen atoms in total. The molecule has 0 radical (unpaired) electrons. The smallest absolute Gasteiger partial charge is 0.0726 e. The number of aliphatic hydroxyl groups excluding tert-OH is 1. The average molecular weight is 234 g/mol. The highest BCUT2D eigenvalue weighted by molar-refractivity contribution is 5.30. The van der Waals surface area contributed by atoms with Crippen molar-refractivity contribution in [2.24, 2.45) is 23.7 Å². The minimum absolute atomic E-state index is 0.204. The van der Waals surface area contributed by atoms with Gasteiger partial charge < -0.3 is 5.11 Å². The lowest BCUT2D eigenvalue weighted by Crippen LogP contribution is -2.30. The van der Waals surface area contributed by atoms with Crippen LogP contribution in [0.3, 0.4) is 0 Å². The molecule has 96 valence electrons. The molecule has 0 aromatic heterocycles. The fraction of sp³-hybridized carbons (Fsp3) is 0.750. The van der Waals surface area contributed by atoms with Gasteiger partial charge in [0, 0.05) is 0 Å². The quantitative estimate of drug-likeness (QED) is 0.784. The first-order chi connectivity index (χ1) is 8.08. The highest BCUT2D eigenvalue weighted by Crippen LogP contribution is 2.42. The Morgan fingerprint density at radius 2 is 2.12 bits per heavy atom. The normalized spacial score (nSPS) is 36.9. The summed E-state index contributed by atoms with van der Waals surface area (Å²) in [5.41, 5.74) is 1.40. The van der Waals surface area contributed by atoms with E-state index in [1.807, 2.05) is 0 Å². The zero-order valence-corrected chi connectivity index (χ0v) is 11.4. The van der Waals surface area contributed by atoms with E-state index in [0.29, 0.717) is 11.8 Å². The zero-order chi connectivity index (χ0) is 12.4. The van der Waals surface area contributed by atoms with Crippen molar-refractivity contribution in [1.29, 1.82) is 0 Å². The van der Waals surface area contributed by atoms with Gasteiger partial charge in [-0.05, 0) is 48.5 Å². The molecule has 0 heterocycles. The van der Waals surface area contributed by atoms with Gasteiger partial charge in [0.1, 0.15) is 0 Å². The second-order valence-corrected chi connectivity index (χ2v) is 6.27. The first kappa shape index (κ1) is 12.9. The van der Waals surface area contributed by atoms with Gasteiger partial charge in [-0.3, -0.25) is 0 Å². The topological polar surface area (TPSA) is 20.2 Å². The van der Waals surface area contributed by atoms with E-state index in [-0.39, 0.29) is 6.10 Å². The molecular formula is C16H26O. The molecule has 0 fully saturated rings. The van der Waals surface area contributed by atoms with Crippen LogP contribution in [0.2, 0.25) is 0 Å². The van der Waals surface area contributed by atoms with Gasteiger partial charge in [0.05, 0.1) is 6.10 Å². The van der Waals surface area contributed by atoms with Crippen LogP contribution in [0.5, 0.6) is 0 Å². The Morgan fingerprint density at radius 1 is 1.35 bits per heavy atom. The number of hydrogen-bond donors (Lipinski definition) is 1. The maximum absolute atomic E-state index is 9.71. The molecule has 0 aromatic rings.